The lowest BCUT2D eigenvalue weighted by Crippen LogP contribution is -2.01. The van der Waals surface area contributed by atoms with Gasteiger partial charge in [-0.15, -0.1) is 0 Å². The molecular weight excluding hydrogens is 229 g/mol. The van der Waals surface area contributed by atoms with Gasteiger partial charge in [-0.1, -0.05) is 18.2 Å². The van der Waals surface area contributed by atoms with Gasteiger partial charge in [-0.3, -0.25) is 0 Å². The number of nitrogens with two attached hydrogens (primary N) is 1. The molecule has 0 spiro atoms. The van der Waals surface area contributed by atoms with E-state index in [9.17, 15) is 4.39 Å². The Balaban J connectivity index is 2.08. The summed E-state index contributed by atoms with van der Waals surface area (Å²) in [5.74, 6) is 0.509. The van der Waals surface area contributed by atoms with Gasteiger partial charge < -0.3 is 10.5 Å². The van der Waals surface area contributed by atoms with E-state index in [0.717, 1.165) is 22.4 Å². The van der Waals surface area contributed by atoms with Crippen LogP contribution in [-0.2, 0) is 13.2 Å². The van der Waals surface area contributed by atoms with E-state index in [-0.39, 0.29) is 5.82 Å². The van der Waals surface area contributed by atoms with Crippen molar-refractivity contribution in [1.29, 1.82) is 0 Å². The first-order valence-corrected chi connectivity index (χ1v) is 5.85. The lowest BCUT2D eigenvalue weighted by molar-refractivity contribution is 0.305. The summed E-state index contributed by atoms with van der Waals surface area (Å²) in [6, 6.07) is 12.5. The van der Waals surface area contributed by atoms with Crippen molar-refractivity contribution in [2.75, 3.05) is 0 Å². The van der Waals surface area contributed by atoms with Crippen molar-refractivity contribution >= 4 is 0 Å². The van der Waals surface area contributed by atoms with Crippen LogP contribution in [0.3, 0.4) is 0 Å². The minimum atomic E-state index is -0.277. The van der Waals surface area contributed by atoms with E-state index in [1.807, 2.05) is 37.3 Å². The second-order valence-corrected chi connectivity index (χ2v) is 4.28. The van der Waals surface area contributed by atoms with E-state index >= 15 is 0 Å². The fourth-order valence-electron chi connectivity index (χ4n) is 1.79. The average Bonchev–Trinajstić information content (AvgIpc) is 2.36. The molecule has 2 nitrogen and oxygen atoms in total. The fourth-order valence-corrected chi connectivity index (χ4v) is 1.79. The van der Waals surface area contributed by atoms with Gasteiger partial charge in [0.25, 0.3) is 0 Å². The maximum absolute atomic E-state index is 13.3. The highest BCUT2D eigenvalue weighted by Crippen LogP contribution is 2.16. The van der Waals surface area contributed by atoms with Crippen LogP contribution in [0.4, 0.5) is 4.39 Å². The summed E-state index contributed by atoms with van der Waals surface area (Å²) >= 11 is 0. The highest BCUT2D eigenvalue weighted by molar-refractivity contribution is 5.29. The highest BCUT2D eigenvalue weighted by atomic mass is 19.1. The monoisotopic (exact) mass is 245 g/mol. The molecule has 0 bridgehead atoms. The van der Waals surface area contributed by atoms with E-state index in [1.54, 1.807) is 0 Å². The number of aryl methyl sites for hydroxylation is 1. The Morgan fingerprint density at radius 2 is 1.89 bits per heavy atom. The van der Waals surface area contributed by atoms with E-state index in [4.69, 9.17) is 10.5 Å². The fraction of sp³-hybridized carbons (Fsp3) is 0.200. The van der Waals surface area contributed by atoms with Crippen LogP contribution in [0.2, 0.25) is 0 Å². The second kappa shape index (κ2) is 5.65. The third kappa shape index (κ3) is 3.31. The Kier molecular flexibility index (Phi) is 3.95. The predicted octanol–water partition coefficient (Wildman–Crippen LogP) is 3.17. The largest absolute Gasteiger partial charge is 0.489 e. The maximum atomic E-state index is 13.3. The van der Waals surface area contributed by atoms with Crippen LogP contribution in [-0.4, -0.2) is 0 Å². The molecule has 0 aliphatic carbocycles. The smallest absolute Gasteiger partial charge is 0.123 e. The topological polar surface area (TPSA) is 35.2 Å². The summed E-state index contributed by atoms with van der Waals surface area (Å²) < 4.78 is 18.9. The van der Waals surface area contributed by atoms with Crippen LogP contribution in [0.5, 0.6) is 5.75 Å². The van der Waals surface area contributed by atoms with E-state index in [0.29, 0.717) is 13.2 Å². The van der Waals surface area contributed by atoms with E-state index < -0.39 is 0 Å². The SMILES string of the molecule is Cc1cccc(OCc2cc(F)cc(CN)c2)c1. The molecule has 0 aliphatic rings. The molecule has 0 amide bonds. The van der Waals surface area contributed by atoms with Crippen LogP contribution in [0.15, 0.2) is 42.5 Å². The number of hydrogen-bond donors (Lipinski definition) is 1. The van der Waals surface area contributed by atoms with Gasteiger partial charge in [0.15, 0.2) is 0 Å². The molecule has 0 radical (unpaired) electrons. The molecule has 0 fully saturated rings. The van der Waals surface area contributed by atoms with E-state index in [2.05, 4.69) is 0 Å². The third-order valence-electron chi connectivity index (χ3n) is 2.65. The summed E-state index contributed by atoms with van der Waals surface area (Å²) in [5.41, 5.74) is 8.21. The minimum Gasteiger partial charge on any atom is -0.489 e. The van der Waals surface area contributed by atoms with Gasteiger partial charge in [-0.25, -0.2) is 4.39 Å². The Morgan fingerprint density at radius 1 is 1.11 bits per heavy atom. The lowest BCUT2D eigenvalue weighted by atomic mass is 10.1. The molecule has 0 saturated heterocycles. The van der Waals surface area contributed by atoms with Gasteiger partial charge in [0.2, 0.25) is 0 Å². The third-order valence-corrected chi connectivity index (χ3v) is 2.65. The van der Waals surface area contributed by atoms with Gasteiger partial charge in [0.05, 0.1) is 0 Å². The zero-order valence-corrected chi connectivity index (χ0v) is 10.3. The van der Waals surface area contributed by atoms with E-state index in [1.165, 1.54) is 12.1 Å². The van der Waals surface area contributed by atoms with Crippen LogP contribution in [0.25, 0.3) is 0 Å². The van der Waals surface area contributed by atoms with Crippen molar-refractivity contribution in [2.24, 2.45) is 5.73 Å². The molecule has 3 heteroatoms. The predicted molar refractivity (Wildman–Crippen MR) is 69.8 cm³/mol. The summed E-state index contributed by atoms with van der Waals surface area (Å²) in [6.45, 7) is 2.67. The van der Waals surface area contributed by atoms with Gasteiger partial charge in [0.1, 0.15) is 18.2 Å². The quantitative estimate of drug-likeness (QED) is 0.898. The first kappa shape index (κ1) is 12.6. The maximum Gasteiger partial charge on any atom is 0.123 e. The normalized spacial score (nSPS) is 10.4. The number of hydrogen-bond acceptors (Lipinski definition) is 2. The summed E-state index contributed by atoms with van der Waals surface area (Å²) in [5, 5.41) is 0. The average molecular weight is 245 g/mol. The Labute approximate surface area is 106 Å². The Morgan fingerprint density at radius 3 is 2.61 bits per heavy atom. The highest BCUT2D eigenvalue weighted by Gasteiger charge is 2.01. The summed E-state index contributed by atoms with van der Waals surface area (Å²) in [6.07, 6.45) is 0. The van der Waals surface area contributed by atoms with Crippen molar-refractivity contribution in [3.63, 3.8) is 0 Å². The zero-order valence-electron chi connectivity index (χ0n) is 10.3. The molecule has 0 atom stereocenters. The minimum absolute atomic E-state index is 0.277. The van der Waals surface area contributed by atoms with Gasteiger partial charge in [-0.05, 0) is 47.9 Å². The first-order valence-electron chi connectivity index (χ1n) is 5.85. The second-order valence-electron chi connectivity index (χ2n) is 4.28. The standard InChI is InChI=1S/C15H16FNO/c1-11-3-2-4-15(5-11)18-10-13-6-12(9-17)7-14(16)8-13/h2-8H,9-10,17H2,1H3. The molecule has 2 rings (SSSR count). The number of rotatable bonds is 4. The zero-order chi connectivity index (χ0) is 13.0. The van der Waals surface area contributed by atoms with Crippen molar-refractivity contribution in [3.05, 3.63) is 65.0 Å². The summed E-state index contributed by atoms with van der Waals surface area (Å²) in [7, 11) is 0. The molecule has 2 N–H and O–H groups in total. The van der Waals surface area contributed by atoms with Gasteiger partial charge in [0, 0.05) is 6.54 Å². The molecule has 2 aromatic rings. The molecule has 0 saturated carbocycles. The number of ether oxygens (including phenoxy) is 1. The molecule has 0 aromatic heterocycles. The van der Waals surface area contributed by atoms with Crippen LogP contribution >= 0.6 is 0 Å². The Hall–Kier alpha value is -1.87. The van der Waals surface area contributed by atoms with Crippen LogP contribution in [0.1, 0.15) is 16.7 Å². The molecule has 0 heterocycles. The van der Waals surface area contributed by atoms with Crippen LogP contribution in [0, 0.1) is 12.7 Å². The molecule has 2 aromatic carbocycles. The number of benzene rings is 2. The molecule has 0 unspecified atom stereocenters. The summed E-state index contributed by atoms with van der Waals surface area (Å²) in [4.78, 5) is 0. The van der Waals surface area contributed by atoms with Gasteiger partial charge in [-0.2, -0.15) is 0 Å². The first-order chi connectivity index (χ1) is 8.67. The van der Waals surface area contributed by atoms with Crippen molar-refractivity contribution in [2.45, 2.75) is 20.1 Å². The Bertz CT molecular complexity index is 540. The molecule has 18 heavy (non-hydrogen) atoms. The molecule has 94 valence electrons. The van der Waals surface area contributed by atoms with Gasteiger partial charge >= 0.3 is 0 Å². The number of halogens is 1. The molecular formula is C15H16FNO. The lowest BCUT2D eigenvalue weighted by Gasteiger charge is -2.08. The van der Waals surface area contributed by atoms with Crippen LogP contribution < -0.4 is 10.5 Å². The van der Waals surface area contributed by atoms with Crippen molar-refractivity contribution < 1.29 is 9.13 Å². The molecule has 0 aliphatic heterocycles. The van der Waals surface area contributed by atoms with Crippen molar-refractivity contribution in [3.8, 4) is 5.75 Å². The van der Waals surface area contributed by atoms with Crippen molar-refractivity contribution in [1.82, 2.24) is 0 Å².